The molecule has 27 heavy (non-hydrogen) atoms. The predicted molar refractivity (Wildman–Crippen MR) is 104 cm³/mol. The molecule has 1 aliphatic carbocycles. The Bertz CT molecular complexity index is 623. The lowest BCUT2D eigenvalue weighted by Crippen LogP contribution is -2.59. The maximum absolute atomic E-state index is 12.6. The van der Waals surface area contributed by atoms with Crippen molar-refractivity contribution in [2.24, 2.45) is 0 Å². The maximum atomic E-state index is 12.6. The van der Waals surface area contributed by atoms with E-state index in [9.17, 15) is 4.79 Å². The van der Waals surface area contributed by atoms with Gasteiger partial charge in [-0.25, -0.2) is 0 Å². The minimum Gasteiger partial charge on any atom is -0.493 e. The van der Waals surface area contributed by atoms with Crippen LogP contribution in [0.25, 0.3) is 0 Å². The smallest absolute Gasteiger partial charge is 0.224 e. The topological polar surface area (TPSA) is 60.0 Å². The van der Waals surface area contributed by atoms with Crippen molar-refractivity contribution in [2.45, 2.75) is 44.1 Å². The Morgan fingerprint density at radius 2 is 1.81 bits per heavy atom. The van der Waals surface area contributed by atoms with Gasteiger partial charge in [0.15, 0.2) is 11.5 Å². The van der Waals surface area contributed by atoms with Crippen LogP contribution in [0, 0.1) is 0 Å². The van der Waals surface area contributed by atoms with Gasteiger partial charge in [0.25, 0.3) is 0 Å². The highest BCUT2D eigenvalue weighted by Gasteiger charge is 2.38. The van der Waals surface area contributed by atoms with E-state index in [1.807, 2.05) is 18.2 Å². The molecule has 150 valence electrons. The van der Waals surface area contributed by atoms with Crippen molar-refractivity contribution in [1.82, 2.24) is 10.2 Å². The second-order valence-corrected chi connectivity index (χ2v) is 7.53. The standard InChI is InChI=1S/C21H32N2O4/c1-25-18-7-6-17(14-19(18)26-2)15-20(24)22-16-21(8-4-3-5-9-21)23-10-12-27-13-11-23/h6-7,14H,3-5,8-13,15-16H2,1-2H3,(H,22,24). The summed E-state index contributed by atoms with van der Waals surface area (Å²) < 4.78 is 16.1. The van der Waals surface area contributed by atoms with Crippen molar-refractivity contribution in [2.75, 3.05) is 47.1 Å². The van der Waals surface area contributed by atoms with E-state index in [0.29, 0.717) is 17.9 Å². The first-order valence-corrected chi connectivity index (χ1v) is 9.97. The molecule has 2 fully saturated rings. The fourth-order valence-electron chi connectivity index (χ4n) is 4.35. The first kappa shape index (κ1) is 20.0. The monoisotopic (exact) mass is 376 g/mol. The zero-order valence-corrected chi connectivity index (χ0v) is 16.6. The molecule has 1 aromatic carbocycles. The molecule has 1 saturated carbocycles. The van der Waals surface area contributed by atoms with E-state index in [0.717, 1.165) is 51.3 Å². The first-order chi connectivity index (χ1) is 13.2. The number of hydrogen-bond acceptors (Lipinski definition) is 5. The molecule has 1 N–H and O–H groups in total. The highest BCUT2D eigenvalue weighted by molar-refractivity contribution is 5.78. The zero-order chi connectivity index (χ0) is 19.1. The Morgan fingerprint density at radius 3 is 2.48 bits per heavy atom. The Hall–Kier alpha value is -1.79. The molecule has 1 aliphatic heterocycles. The van der Waals surface area contributed by atoms with Gasteiger partial charge in [0.1, 0.15) is 0 Å². The molecule has 0 unspecified atom stereocenters. The number of nitrogens with zero attached hydrogens (tertiary/aromatic N) is 1. The molecule has 6 nitrogen and oxygen atoms in total. The van der Waals surface area contributed by atoms with Crippen molar-refractivity contribution in [3.63, 3.8) is 0 Å². The summed E-state index contributed by atoms with van der Waals surface area (Å²) in [6, 6.07) is 5.63. The number of carbonyl (C=O) groups excluding carboxylic acids is 1. The molecule has 1 heterocycles. The number of nitrogens with one attached hydrogen (secondary N) is 1. The molecule has 0 bridgehead atoms. The van der Waals surface area contributed by atoms with Crippen LogP contribution in [0.3, 0.4) is 0 Å². The van der Waals surface area contributed by atoms with Gasteiger partial charge in [-0.3, -0.25) is 9.69 Å². The van der Waals surface area contributed by atoms with Gasteiger partial charge in [-0.1, -0.05) is 25.3 Å². The fraction of sp³-hybridized carbons (Fsp3) is 0.667. The second-order valence-electron chi connectivity index (χ2n) is 7.53. The molecule has 0 radical (unpaired) electrons. The van der Waals surface area contributed by atoms with Gasteiger partial charge in [0.05, 0.1) is 33.9 Å². The SMILES string of the molecule is COc1ccc(CC(=O)NCC2(N3CCOCC3)CCCCC2)cc1OC. The van der Waals surface area contributed by atoms with Crippen molar-refractivity contribution < 1.29 is 19.0 Å². The van der Waals surface area contributed by atoms with Crippen LogP contribution >= 0.6 is 0 Å². The number of methoxy groups -OCH3 is 2. The summed E-state index contributed by atoms with van der Waals surface area (Å²) in [5, 5.41) is 3.21. The number of amides is 1. The summed E-state index contributed by atoms with van der Waals surface area (Å²) in [6.07, 6.45) is 6.43. The van der Waals surface area contributed by atoms with E-state index in [4.69, 9.17) is 14.2 Å². The lowest BCUT2D eigenvalue weighted by atomic mass is 9.79. The van der Waals surface area contributed by atoms with Gasteiger partial charge in [-0.15, -0.1) is 0 Å². The van der Waals surface area contributed by atoms with Gasteiger partial charge in [-0.2, -0.15) is 0 Å². The highest BCUT2D eigenvalue weighted by atomic mass is 16.5. The highest BCUT2D eigenvalue weighted by Crippen LogP contribution is 2.34. The number of carbonyl (C=O) groups is 1. The predicted octanol–water partition coefficient (Wildman–Crippen LogP) is 2.40. The molecule has 6 heteroatoms. The summed E-state index contributed by atoms with van der Waals surface area (Å²) in [7, 11) is 3.22. The third-order valence-electron chi connectivity index (χ3n) is 5.89. The molecule has 1 saturated heterocycles. The fourth-order valence-corrected chi connectivity index (χ4v) is 4.35. The van der Waals surface area contributed by atoms with Gasteiger partial charge in [0.2, 0.25) is 5.91 Å². The second kappa shape index (κ2) is 9.42. The van der Waals surface area contributed by atoms with Crippen LogP contribution in [0.15, 0.2) is 18.2 Å². The largest absolute Gasteiger partial charge is 0.493 e. The Morgan fingerprint density at radius 1 is 1.11 bits per heavy atom. The lowest BCUT2D eigenvalue weighted by Gasteiger charge is -2.48. The van der Waals surface area contributed by atoms with E-state index in [1.165, 1.54) is 19.3 Å². The van der Waals surface area contributed by atoms with E-state index in [1.54, 1.807) is 14.2 Å². The quantitative estimate of drug-likeness (QED) is 0.792. The molecule has 2 aliphatic rings. The maximum Gasteiger partial charge on any atom is 0.224 e. The van der Waals surface area contributed by atoms with Crippen molar-refractivity contribution >= 4 is 5.91 Å². The van der Waals surface area contributed by atoms with Crippen molar-refractivity contribution in [1.29, 1.82) is 0 Å². The van der Waals surface area contributed by atoms with Crippen molar-refractivity contribution in [3.05, 3.63) is 23.8 Å². The molecule has 1 amide bonds. The van der Waals surface area contributed by atoms with E-state index in [2.05, 4.69) is 10.2 Å². The van der Waals surface area contributed by atoms with E-state index in [-0.39, 0.29) is 11.4 Å². The number of hydrogen-bond donors (Lipinski definition) is 1. The number of benzene rings is 1. The van der Waals surface area contributed by atoms with Gasteiger partial charge >= 0.3 is 0 Å². The van der Waals surface area contributed by atoms with E-state index < -0.39 is 0 Å². The van der Waals surface area contributed by atoms with Gasteiger partial charge < -0.3 is 19.5 Å². The minimum absolute atomic E-state index is 0.0560. The van der Waals surface area contributed by atoms with E-state index >= 15 is 0 Å². The third-order valence-corrected chi connectivity index (χ3v) is 5.89. The van der Waals surface area contributed by atoms with Crippen LogP contribution in [0.4, 0.5) is 0 Å². The molecule has 0 aromatic heterocycles. The first-order valence-electron chi connectivity index (χ1n) is 9.97. The molecular formula is C21H32N2O4. The summed E-state index contributed by atoms with van der Waals surface area (Å²) in [4.78, 5) is 15.2. The van der Waals surface area contributed by atoms with Gasteiger partial charge in [0, 0.05) is 25.2 Å². The van der Waals surface area contributed by atoms with Crippen molar-refractivity contribution in [3.8, 4) is 11.5 Å². The third kappa shape index (κ3) is 4.93. The molecule has 1 aromatic rings. The summed E-state index contributed by atoms with van der Waals surface area (Å²) in [5.41, 5.74) is 1.02. The van der Waals surface area contributed by atoms with Crippen LogP contribution in [-0.2, 0) is 16.0 Å². The number of morpholine rings is 1. The molecular weight excluding hydrogens is 344 g/mol. The summed E-state index contributed by atoms with van der Waals surface area (Å²) in [5.74, 6) is 1.38. The Balaban J connectivity index is 1.60. The van der Waals surface area contributed by atoms with Crippen LogP contribution in [0.2, 0.25) is 0 Å². The Kier molecular flexibility index (Phi) is 6.96. The molecule has 0 spiro atoms. The lowest BCUT2D eigenvalue weighted by molar-refractivity contribution is -0.121. The summed E-state index contributed by atoms with van der Waals surface area (Å²) >= 11 is 0. The molecule has 3 rings (SSSR count). The minimum atomic E-state index is 0.0560. The van der Waals surface area contributed by atoms with Crippen LogP contribution in [-0.4, -0.2) is 63.4 Å². The number of rotatable bonds is 7. The average Bonchev–Trinajstić information content (AvgIpc) is 2.73. The van der Waals surface area contributed by atoms with Crippen LogP contribution in [0.5, 0.6) is 11.5 Å². The van der Waals surface area contributed by atoms with Crippen LogP contribution < -0.4 is 14.8 Å². The zero-order valence-electron chi connectivity index (χ0n) is 16.6. The summed E-state index contributed by atoms with van der Waals surface area (Å²) in [6.45, 7) is 4.24. The normalized spacial score (nSPS) is 20.1. The van der Waals surface area contributed by atoms with Gasteiger partial charge in [-0.05, 0) is 30.5 Å². The average molecular weight is 376 g/mol. The number of ether oxygens (including phenoxy) is 3. The Labute approximate surface area is 162 Å². The van der Waals surface area contributed by atoms with Crippen LogP contribution in [0.1, 0.15) is 37.7 Å². The molecule has 0 atom stereocenters.